The van der Waals surface area contributed by atoms with Gasteiger partial charge in [-0.15, -0.1) is 0 Å². The molecule has 5 heteroatoms. The number of hydrogen-bond donors (Lipinski definition) is 1. The molecular formula is C24H30N2O3. The smallest absolute Gasteiger partial charge is 0.272 e. The maximum atomic E-state index is 13.4. The Kier molecular flexibility index (Phi) is 5.59. The molecule has 0 spiro atoms. The minimum absolute atomic E-state index is 0.00596. The molecule has 4 rings (SSSR count). The molecule has 0 bridgehead atoms. The van der Waals surface area contributed by atoms with E-state index in [4.69, 9.17) is 4.74 Å². The molecule has 1 aliphatic carbocycles. The molecule has 1 aromatic heterocycles. The van der Waals surface area contributed by atoms with Crippen molar-refractivity contribution in [3.63, 3.8) is 0 Å². The molecule has 1 saturated carbocycles. The van der Waals surface area contributed by atoms with Crippen LogP contribution < -0.4 is 4.74 Å². The summed E-state index contributed by atoms with van der Waals surface area (Å²) in [6.45, 7) is 4.41. The SMILES string of the molecule is CC(C)Oc1cccc(C(=O)N2CCC(O)(c3ccccc3)C3CCCCC32)n1. The molecule has 3 atom stereocenters. The van der Waals surface area contributed by atoms with Crippen molar-refractivity contribution in [1.82, 2.24) is 9.88 Å². The summed E-state index contributed by atoms with van der Waals surface area (Å²) < 4.78 is 5.67. The Morgan fingerprint density at radius 2 is 1.90 bits per heavy atom. The fourth-order valence-corrected chi connectivity index (χ4v) is 5.01. The summed E-state index contributed by atoms with van der Waals surface area (Å²) in [5.41, 5.74) is 0.506. The van der Waals surface area contributed by atoms with E-state index in [0.29, 0.717) is 24.5 Å². The van der Waals surface area contributed by atoms with E-state index in [1.165, 1.54) is 0 Å². The van der Waals surface area contributed by atoms with Crippen LogP contribution in [-0.4, -0.2) is 39.6 Å². The number of aliphatic hydroxyl groups is 1. The first kappa shape index (κ1) is 19.9. The fraction of sp³-hybridized carbons (Fsp3) is 0.500. The van der Waals surface area contributed by atoms with Gasteiger partial charge in [-0.05, 0) is 44.7 Å². The maximum Gasteiger partial charge on any atom is 0.272 e. The van der Waals surface area contributed by atoms with E-state index in [9.17, 15) is 9.90 Å². The number of fused-ring (bicyclic) bond motifs is 1. The van der Waals surface area contributed by atoms with Gasteiger partial charge in [-0.25, -0.2) is 4.98 Å². The van der Waals surface area contributed by atoms with Crippen molar-refractivity contribution in [1.29, 1.82) is 0 Å². The summed E-state index contributed by atoms with van der Waals surface area (Å²) >= 11 is 0. The van der Waals surface area contributed by atoms with Crippen LogP contribution in [0.2, 0.25) is 0 Å². The van der Waals surface area contributed by atoms with Gasteiger partial charge in [0.05, 0.1) is 11.7 Å². The van der Waals surface area contributed by atoms with Gasteiger partial charge in [0.1, 0.15) is 5.69 Å². The van der Waals surface area contributed by atoms with Crippen LogP contribution in [0.4, 0.5) is 0 Å². The Morgan fingerprint density at radius 1 is 1.14 bits per heavy atom. The van der Waals surface area contributed by atoms with Gasteiger partial charge in [-0.3, -0.25) is 4.79 Å². The van der Waals surface area contributed by atoms with E-state index < -0.39 is 5.60 Å². The van der Waals surface area contributed by atoms with Crippen LogP contribution >= 0.6 is 0 Å². The number of pyridine rings is 1. The van der Waals surface area contributed by atoms with Crippen molar-refractivity contribution in [2.45, 2.75) is 63.7 Å². The van der Waals surface area contributed by atoms with E-state index in [-0.39, 0.29) is 24.0 Å². The van der Waals surface area contributed by atoms with Crippen LogP contribution in [0, 0.1) is 5.92 Å². The number of benzene rings is 1. The lowest BCUT2D eigenvalue weighted by Gasteiger charge is -2.52. The Morgan fingerprint density at radius 3 is 2.66 bits per heavy atom. The van der Waals surface area contributed by atoms with Gasteiger partial charge in [0, 0.05) is 24.6 Å². The van der Waals surface area contributed by atoms with Crippen molar-refractivity contribution in [2.75, 3.05) is 6.54 Å². The van der Waals surface area contributed by atoms with E-state index >= 15 is 0 Å². The van der Waals surface area contributed by atoms with Crippen LogP contribution in [-0.2, 0) is 5.60 Å². The van der Waals surface area contributed by atoms with Crippen LogP contribution in [0.1, 0.15) is 62.0 Å². The predicted molar refractivity (Wildman–Crippen MR) is 112 cm³/mol. The van der Waals surface area contributed by atoms with Crippen LogP contribution in [0.5, 0.6) is 5.88 Å². The number of piperidine rings is 1. The zero-order chi connectivity index (χ0) is 20.4. The van der Waals surface area contributed by atoms with Gasteiger partial charge in [0.2, 0.25) is 5.88 Å². The highest BCUT2D eigenvalue weighted by Gasteiger charge is 2.50. The molecule has 1 aliphatic heterocycles. The minimum atomic E-state index is -0.876. The van der Waals surface area contributed by atoms with E-state index in [0.717, 1.165) is 31.2 Å². The van der Waals surface area contributed by atoms with E-state index in [1.807, 2.05) is 55.1 Å². The first-order chi connectivity index (χ1) is 14.0. The highest BCUT2D eigenvalue weighted by Crippen LogP contribution is 2.47. The third-order valence-corrected chi connectivity index (χ3v) is 6.31. The number of aromatic nitrogens is 1. The molecule has 0 radical (unpaired) electrons. The topological polar surface area (TPSA) is 62.7 Å². The second kappa shape index (κ2) is 8.15. The van der Waals surface area contributed by atoms with Crippen molar-refractivity contribution < 1.29 is 14.6 Å². The normalized spacial score (nSPS) is 26.8. The number of rotatable bonds is 4. The summed E-state index contributed by atoms with van der Waals surface area (Å²) in [6, 6.07) is 15.3. The summed E-state index contributed by atoms with van der Waals surface area (Å²) in [5, 5.41) is 11.7. The molecule has 5 nitrogen and oxygen atoms in total. The second-order valence-corrected chi connectivity index (χ2v) is 8.52. The van der Waals surface area contributed by atoms with Crippen LogP contribution in [0.3, 0.4) is 0 Å². The Balaban J connectivity index is 1.61. The van der Waals surface area contributed by atoms with Gasteiger partial charge < -0.3 is 14.7 Å². The first-order valence-electron chi connectivity index (χ1n) is 10.7. The number of hydrogen-bond acceptors (Lipinski definition) is 4. The second-order valence-electron chi connectivity index (χ2n) is 8.52. The van der Waals surface area contributed by atoms with Crippen molar-refractivity contribution in [3.05, 3.63) is 59.8 Å². The number of ether oxygens (including phenoxy) is 1. The lowest BCUT2D eigenvalue weighted by molar-refractivity contribution is -0.110. The molecule has 2 heterocycles. The summed E-state index contributed by atoms with van der Waals surface area (Å²) in [5.74, 6) is 0.460. The molecule has 1 saturated heterocycles. The third-order valence-electron chi connectivity index (χ3n) is 6.31. The molecule has 3 unspecified atom stereocenters. The number of carbonyl (C=O) groups excluding carboxylic acids is 1. The number of nitrogens with zero attached hydrogens (tertiary/aromatic N) is 2. The number of amides is 1. The Bertz CT molecular complexity index is 854. The van der Waals surface area contributed by atoms with Crippen molar-refractivity contribution in [3.8, 4) is 5.88 Å². The monoisotopic (exact) mass is 394 g/mol. The highest BCUT2D eigenvalue weighted by molar-refractivity contribution is 5.92. The molecule has 1 N–H and O–H groups in total. The van der Waals surface area contributed by atoms with Crippen LogP contribution in [0.15, 0.2) is 48.5 Å². The van der Waals surface area contributed by atoms with Gasteiger partial charge in [-0.2, -0.15) is 0 Å². The molecule has 1 amide bonds. The standard InChI is InChI=1S/C24H30N2O3/c1-17(2)29-22-14-8-12-20(25-22)23(27)26-16-15-24(28,18-9-4-3-5-10-18)19-11-6-7-13-21(19)26/h3-5,8-10,12,14,17,19,21,28H,6-7,11,13,15-16H2,1-2H3. The molecule has 2 fully saturated rings. The van der Waals surface area contributed by atoms with Gasteiger partial charge in [-0.1, -0.05) is 49.2 Å². The van der Waals surface area contributed by atoms with Gasteiger partial charge in [0.25, 0.3) is 5.91 Å². The average Bonchev–Trinajstić information content (AvgIpc) is 2.74. The van der Waals surface area contributed by atoms with Gasteiger partial charge >= 0.3 is 0 Å². The Labute approximate surface area is 172 Å². The molecule has 29 heavy (non-hydrogen) atoms. The number of carbonyl (C=O) groups is 1. The molecular weight excluding hydrogens is 364 g/mol. The lowest BCUT2D eigenvalue weighted by Crippen LogP contribution is -2.59. The van der Waals surface area contributed by atoms with Crippen LogP contribution in [0.25, 0.3) is 0 Å². The average molecular weight is 395 g/mol. The Hall–Kier alpha value is -2.40. The quantitative estimate of drug-likeness (QED) is 0.846. The third kappa shape index (κ3) is 3.88. The first-order valence-corrected chi connectivity index (χ1v) is 10.7. The van der Waals surface area contributed by atoms with Crippen molar-refractivity contribution in [2.24, 2.45) is 5.92 Å². The minimum Gasteiger partial charge on any atom is -0.475 e. The summed E-state index contributed by atoms with van der Waals surface area (Å²) in [4.78, 5) is 19.8. The largest absolute Gasteiger partial charge is 0.475 e. The summed E-state index contributed by atoms with van der Waals surface area (Å²) in [6.07, 6.45) is 4.59. The zero-order valence-corrected chi connectivity index (χ0v) is 17.3. The maximum absolute atomic E-state index is 13.4. The lowest BCUT2D eigenvalue weighted by atomic mass is 9.66. The fourth-order valence-electron chi connectivity index (χ4n) is 5.01. The molecule has 2 aromatic rings. The number of likely N-dealkylation sites (tertiary alicyclic amines) is 1. The zero-order valence-electron chi connectivity index (χ0n) is 17.3. The predicted octanol–water partition coefficient (Wildman–Crippen LogP) is 4.16. The van der Waals surface area contributed by atoms with E-state index in [1.54, 1.807) is 12.1 Å². The molecule has 1 aromatic carbocycles. The van der Waals surface area contributed by atoms with Crippen molar-refractivity contribution >= 4 is 5.91 Å². The summed E-state index contributed by atoms with van der Waals surface area (Å²) in [7, 11) is 0. The molecule has 2 aliphatic rings. The highest BCUT2D eigenvalue weighted by atomic mass is 16.5. The van der Waals surface area contributed by atoms with Gasteiger partial charge in [0.15, 0.2) is 0 Å². The van der Waals surface area contributed by atoms with E-state index in [2.05, 4.69) is 4.98 Å². The molecule has 154 valence electrons.